The Morgan fingerprint density at radius 3 is 2.55 bits per heavy atom. The van der Waals surface area contributed by atoms with Gasteiger partial charge in [0.2, 0.25) is 5.91 Å². The maximum Gasteiger partial charge on any atom is 0.329 e. The molecule has 1 aromatic rings. The molecule has 0 fully saturated rings. The van der Waals surface area contributed by atoms with Crippen LogP contribution in [0.4, 0.5) is 0 Å². The highest BCUT2D eigenvalue weighted by molar-refractivity contribution is 5.81. The number of benzene rings is 1. The van der Waals surface area contributed by atoms with E-state index >= 15 is 0 Å². The summed E-state index contributed by atoms with van der Waals surface area (Å²) in [6.45, 7) is 4.04. The number of aryl methyl sites for hydroxylation is 1. The van der Waals surface area contributed by atoms with Crippen LogP contribution < -0.4 is 5.32 Å². The Hall–Kier alpha value is -1.88. The van der Waals surface area contributed by atoms with E-state index in [9.17, 15) is 9.59 Å². The Morgan fingerprint density at radius 1 is 1.23 bits per heavy atom. The number of hydrogen-bond donors (Lipinski definition) is 2. The van der Waals surface area contributed by atoms with Crippen molar-refractivity contribution in [2.24, 2.45) is 5.41 Å². The molecule has 0 radical (unpaired) electrons. The lowest BCUT2D eigenvalue weighted by molar-refractivity contribution is -0.142. The van der Waals surface area contributed by atoms with Gasteiger partial charge >= 0.3 is 5.97 Å². The van der Waals surface area contributed by atoms with Crippen molar-refractivity contribution in [3.05, 3.63) is 35.9 Å². The highest BCUT2D eigenvalue weighted by Gasteiger charge is 2.26. The van der Waals surface area contributed by atoms with E-state index in [-0.39, 0.29) is 19.1 Å². The summed E-state index contributed by atoms with van der Waals surface area (Å²) in [6, 6.07) is 10.2. The Bertz CT molecular complexity index is 471. The molecule has 0 bridgehead atoms. The first-order valence-corrected chi connectivity index (χ1v) is 7.53. The standard InChI is InChI=1S/C17H25NO4/c1-17(2,10-6-9-14-7-4-3-5-8-14)16(21)18-11-12-22-13-15(19)20/h3-5,7-8H,6,9-13H2,1-2H3,(H,18,21)(H,19,20). The summed E-state index contributed by atoms with van der Waals surface area (Å²) in [6.07, 6.45) is 2.70. The summed E-state index contributed by atoms with van der Waals surface area (Å²) in [5, 5.41) is 11.2. The van der Waals surface area contributed by atoms with Crippen LogP contribution in [0.3, 0.4) is 0 Å². The summed E-state index contributed by atoms with van der Waals surface area (Å²) < 4.78 is 4.88. The van der Waals surface area contributed by atoms with Crippen LogP contribution in [0.2, 0.25) is 0 Å². The molecule has 0 saturated carbocycles. The van der Waals surface area contributed by atoms with Crippen LogP contribution in [0.5, 0.6) is 0 Å². The lowest BCUT2D eigenvalue weighted by atomic mass is 9.85. The minimum atomic E-state index is -1.01. The first-order valence-electron chi connectivity index (χ1n) is 7.53. The molecule has 0 aliphatic heterocycles. The maximum absolute atomic E-state index is 12.1. The SMILES string of the molecule is CC(C)(CCCc1ccccc1)C(=O)NCCOCC(=O)O. The second-order valence-electron chi connectivity index (χ2n) is 5.93. The third-order valence-electron chi connectivity index (χ3n) is 3.48. The van der Waals surface area contributed by atoms with Crippen molar-refractivity contribution in [2.75, 3.05) is 19.8 Å². The molecule has 5 heteroatoms. The summed E-state index contributed by atoms with van der Waals surface area (Å²) in [5.74, 6) is -1.04. The molecule has 5 nitrogen and oxygen atoms in total. The number of carboxylic acid groups (broad SMARTS) is 1. The van der Waals surface area contributed by atoms with Crippen molar-refractivity contribution >= 4 is 11.9 Å². The van der Waals surface area contributed by atoms with Crippen molar-refractivity contribution in [1.29, 1.82) is 0 Å². The van der Waals surface area contributed by atoms with E-state index in [1.807, 2.05) is 32.0 Å². The van der Waals surface area contributed by atoms with Gasteiger partial charge in [0.15, 0.2) is 0 Å². The molecular formula is C17H25NO4. The van der Waals surface area contributed by atoms with E-state index in [2.05, 4.69) is 17.4 Å². The molecule has 2 N–H and O–H groups in total. The van der Waals surface area contributed by atoms with E-state index in [0.717, 1.165) is 19.3 Å². The Balaban J connectivity index is 2.23. The normalized spacial score (nSPS) is 11.2. The minimum absolute atomic E-state index is 0.0283. The number of ether oxygens (including phenoxy) is 1. The van der Waals surface area contributed by atoms with Crippen LogP contribution in [0, 0.1) is 5.41 Å². The van der Waals surface area contributed by atoms with Crippen LogP contribution in [0.25, 0.3) is 0 Å². The summed E-state index contributed by atoms with van der Waals surface area (Å²) in [5.41, 5.74) is 0.836. The molecular weight excluding hydrogens is 282 g/mol. The lowest BCUT2D eigenvalue weighted by Gasteiger charge is -2.23. The number of rotatable bonds is 10. The van der Waals surface area contributed by atoms with Gasteiger partial charge < -0.3 is 15.2 Å². The van der Waals surface area contributed by atoms with Crippen LogP contribution >= 0.6 is 0 Å². The monoisotopic (exact) mass is 307 g/mol. The number of carboxylic acids is 1. The quantitative estimate of drug-likeness (QED) is 0.650. The molecule has 1 rings (SSSR count). The molecule has 0 spiro atoms. The van der Waals surface area contributed by atoms with E-state index in [1.54, 1.807) is 0 Å². The average molecular weight is 307 g/mol. The van der Waals surface area contributed by atoms with Crippen molar-refractivity contribution in [3.8, 4) is 0 Å². The van der Waals surface area contributed by atoms with E-state index in [1.165, 1.54) is 5.56 Å². The summed E-state index contributed by atoms with van der Waals surface area (Å²) >= 11 is 0. The molecule has 0 aliphatic carbocycles. The van der Waals surface area contributed by atoms with Crippen molar-refractivity contribution in [2.45, 2.75) is 33.1 Å². The first kappa shape index (κ1) is 18.2. The topological polar surface area (TPSA) is 75.6 Å². The zero-order valence-electron chi connectivity index (χ0n) is 13.3. The van der Waals surface area contributed by atoms with Gasteiger partial charge in [0.05, 0.1) is 6.61 Å². The molecule has 22 heavy (non-hydrogen) atoms. The van der Waals surface area contributed by atoms with Gasteiger partial charge in [0.1, 0.15) is 6.61 Å². The molecule has 0 heterocycles. The van der Waals surface area contributed by atoms with Gasteiger partial charge in [-0.15, -0.1) is 0 Å². The fourth-order valence-electron chi connectivity index (χ4n) is 2.13. The highest BCUT2D eigenvalue weighted by Crippen LogP contribution is 2.23. The fraction of sp³-hybridized carbons (Fsp3) is 0.529. The van der Waals surface area contributed by atoms with Crippen molar-refractivity contribution in [1.82, 2.24) is 5.32 Å². The molecule has 0 saturated heterocycles. The Kier molecular flexibility index (Phi) is 7.60. The molecule has 1 aromatic carbocycles. The maximum atomic E-state index is 12.1. The van der Waals surface area contributed by atoms with E-state index in [4.69, 9.17) is 9.84 Å². The number of nitrogens with one attached hydrogen (secondary N) is 1. The number of carbonyl (C=O) groups excluding carboxylic acids is 1. The zero-order chi connectivity index (χ0) is 16.4. The molecule has 0 aromatic heterocycles. The van der Waals surface area contributed by atoms with Crippen LogP contribution in [0.15, 0.2) is 30.3 Å². The van der Waals surface area contributed by atoms with Gasteiger partial charge in [-0.3, -0.25) is 4.79 Å². The Labute approximate surface area is 131 Å². The van der Waals surface area contributed by atoms with Crippen molar-refractivity contribution < 1.29 is 19.4 Å². The second kappa shape index (κ2) is 9.20. The third kappa shape index (κ3) is 7.22. The number of hydrogen-bond acceptors (Lipinski definition) is 3. The smallest absolute Gasteiger partial charge is 0.329 e. The van der Waals surface area contributed by atoms with Gasteiger partial charge in [0.25, 0.3) is 0 Å². The number of amides is 1. The summed E-state index contributed by atoms with van der Waals surface area (Å²) in [4.78, 5) is 22.4. The zero-order valence-corrected chi connectivity index (χ0v) is 13.3. The van der Waals surface area contributed by atoms with Gasteiger partial charge in [-0.1, -0.05) is 44.2 Å². The third-order valence-corrected chi connectivity index (χ3v) is 3.48. The molecule has 0 atom stereocenters. The van der Waals surface area contributed by atoms with Crippen LogP contribution in [-0.2, 0) is 20.7 Å². The highest BCUT2D eigenvalue weighted by atomic mass is 16.5. The lowest BCUT2D eigenvalue weighted by Crippen LogP contribution is -2.38. The van der Waals surface area contributed by atoms with Gasteiger partial charge in [0, 0.05) is 12.0 Å². The second-order valence-corrected chi connectivity index (χ2v) is 5.93. The summed E-state index contributed by atoms with van der Waals surface area (Å²) in [7, 11) is 0. The van der Waals surface area contributed by atoms with Gasteiger partial charge in [-0.25, -0.2) is 4.79 Å². The van der Waals surface area contributed by atoms with Gasteiger partial charge in [-0.05, 0) is 24.8 Å². The first-order chi connectivity index (χ1) is 10.4. The van der Waals surface area contributed by atoms with E-state index in [0.29, 0.717) is 6.54 Å². The molecule has 0 unspecified atom stereocenters. The predicted molar refractivity (Wildman–Crippen MR) is 84.6 cm³/mol. The van der Waals surface area contributed by atoms with Gasteiger partial charge in [-0.2, -0.15) is 0 Å². The predicted octanol–water partition coefficient (Wildman–Crippen LogP) is 2.25. The van der Waals surface area contributed by atoms with Crippen molar-refractivity contribution in [3.63, 3.8) is 0 Å². The van der Waals surface area contributed by atoms with Crippen LogP contribution in [-0.4, -0.2) is 36.7 Å². The number of aliphatic carboxylic acids is 1. The minimum Gasteiger partial charge on any atom is -0.480 e. The number of carbonyl (C=O) groups is 2. The molecule has 1 amide bonds. The average Bonchev–Trinajstić information content (AvgIpc) is 2.47. The van der Waals surface area contributed by atoms with Crippen LogP contribution in [0.1, 0.15) is 32.3 Å². The largest absolute Gasteiger partial charge is 0.480 e. The fourth-order valence-corrected chi connectivity index (χ4v) is 2.13. The molecule has 122 valence electrons. The van der Waals surface area contributed by atoms with E-state index < -0.39 is 11.4 Å². The molecule has 0 aliphatic rings. The Morgan fingerprint density at radius 2 is 1.91 bits per heavy atom.